The first kappa shape index (κ1) is 22.3. The second kappa shape index (κ2) is 9.32. The van der Waals surface area contributed by atoms with E-state index in [1.807, 2.05) is 36.4 Å². The Kier molecular flexibility index (Phi) is 6.50. The molecular formula is C25H23F3O4. The zero-order chi connectivity index (χ0) is 22.7. The van der Waals surface area contributed by atoms with Crippen molar-refractivity contribution in [3.8, 4) is 5.75 Å². The van der Waals surface area contributed by atoms with Crippen LogP contribution < -0.4 is 4.74 Å². The summed E-state index contributed by atoms with van der Waals surface area (Å²) in [5, 5.41) is 21.4. The Balaban J connectivity index is 1.63. The lowest BCUT2D eigenvalue weighted by molar-refractivity contribution is -0.184. The molecule has 4 nitrogen and oxygen atoms in total. The van der Waals surface area contributed by atoms with Gasteiger partial charge in [0.2, 0.25) is 6.29 Å². The summed E-state index contributed by atoms with van der Waals surface area (Å²) in [6.45, 7) is -0.213. The van der Waals surface area contributed by atoms with Gasteiger partial charge in [-0.05, 0) is 40.6 Å². The van der Waals surface area contributed by atoms with Crippen molar-refractivity contribution in [1.82, 2.24) is 0 Å². The quantitative estimate of drug-likeness (QED) is 0.527. The standard InChI is InChI=1S/C25H23F3O4/c26-25(27,28)20-9-6-16(7-10-20)5-8-19-11-17-3-1-2-4-18(17)12-23(19)32-24-14-21(30)13-22(15-29)31-24/h1-12,21-22,24,29-30H,13-15H2/b8-5+. The fraction of sp³-hybridized carbons (Fsp3) is 0.280. The van der Waals surface area contributed by atoms with Crippen molar-refractivity contribution in [2.24, 2.45) is 0 Å². The van der Waals surface area contributed by atoms with Crippen molar-refractivity contribution in [3.63, 3.8) is 0 Å². The molecule has 2 N–H and O–H groups in total. The SMILES string of the molecule is OCC1CC(O)CC(Oc2cc3ccccc3cc2/C=C/c2ccc(C(F)(F)F)cc2)O1. The molecule has 4 rings (SSSR count). The number of alkyl halides is 3. The Labute approximate surface area is 183 Å². The first-order chi connectivity index (χ1) is 15.3. The van der Waals surface area contributed by atoms with Gasteiger partial charge in [-0.1, -0.05) is 48.6 Å². The Morgan fingerprint density at radius 3 is 2.31 bits per heavy atom. The van der Waals surface area contributed by atoms with Crippen LogP contribution in [0.25, 0.3) is 22.9 Å². The fourth-order valence-electron chi connectivity index (χ4n) is 3.72. The van der Waals surface area contributed by atoms with Crippen LogP contribution in [0, 0.1) is 0 Å². The van der Waals surface area contributed by atoms with Gasteiger partial charge in [0.15, 0.2) is 0 Å². The number of aliphatic hydroxyl groups is 2. The summed E-state index contributed by atoms with van der Waals surface area (Å²) >= 11 is 0. The Hall–Kier alpha value is -2.87. The molecule has 0 amide bonds. The Morgan fingerprint density at radius 2 is 1.66 bits per heavy atom. The van der Waals surface area contributed by atoms with Crippen LogP contribution in [0.2, 0.25) is 0 Å². The normalized spacial score (nSPS) is 21.8. The second-order valence-electron chi connectivity index (χ2n) is 7.80. The molecule has 3 aromatic carbocycles. The highest BCUT2D eigenvalue weighted by atomic mass is 19.4. The minimum atomic E-state index is -4.38. The summed E-state index contributed by atoms with van der Waals surface area (Å²) in [5.74, 6) is 0.516. The predicted molar refractivity (Wildman–Crippen MR) is 116 cm³/mol. The summed E-state index contributed by atoms with van der Waals surface area (Å²) < 4.78 is 50.2. The highest BCUT2D eigenvalue weighted by Gasteiger charge is 2.30. The molecule has 1 heterocycles. The first-order valence-corrected chi connectivity index (χ1v) is 10.3. The average Bonchev–Trinajstić information content (AvgIpc) is 2.77. The zero-order valence-electron chi connectivity index (χ0n) is 17.1. The van der Waals surface area contributed by atoms with E-state index in [9.17, 15) is 23.4 Å². The largest absolute Gasteiger partial charge is 0.464 e. The summed E-state index contributed by atoms with van der Waals surface area (Å²) in [6.07, 6.45) is -2.15. The van der Waals surface area contributed by atoms with Crippen molar-refractivity contribution in [1.29, 1.82) is 0 Å². The molecule has 1 aliphatic heterocycles. The van der Waals surface area contributed by atoms with Crippen molar-refractivity contribution >= 4 is 22.9 Å². The number of fused-ring (bicyclic) bond motifs is 1. The molecular weight excluding hydrogens is 421 g/mol. The molecule has 0 aromatic heterocycles. The molecule has 0 radical (unpaired) electrons. The molecule has 1 aliphatic rings. The van der Waals surface area contributed by atoms with Gasteiger partial charge >= 0.3 is 6.18 Å². The smallest absolute Gasteiger partial charge is 0.416 e. The number of halogens is 3. The summed E-state index contributed by atoms with van der Waals surface area (Å²) in [5.41, 5.74) is 0.630. The molecule has 0 spiro atoms. The number of hydrogen-bond acceptors (Lipinski definition) is 4. The molecule has 32 heavy (non-hydrogen) atoms. The van der Waals surface area contributed by atoms with Crippen LogP contribution in [0.15, 0.2) is 60.7 Å². The number of hydrogen-bond donors (Lipinski definition) is 2. The van der Waals surface area contributed by atoms with Crippen LogP contribution in [0.1, 0.15) is 29.5 Å². The number of ether oxygens (including phenoxy) is 2. The van der Waals surface area contributed by atoms with Crippen LogP contribution in [0.5, 0.6) is 5.75 Å². The third-order valence-electron chi connectivity index (χ3n) is 5.38. The maximum atomic E-state index is 12.8. The van der Waals surface area contributed by atoms with E-state index in [-0.39, 0.29) is 13.0 Å². The van der Waals surface area contributed by atoms with E-state index in [4.69, 9.17) is 9.47 Å². The van der Waals surface area contributed by atoms with Crippen LogP contribution in [-0.4, -0.2) is 35.3 Å². The van der Waals surface area contributed by atoms with E-state index in [0.29, 0.717) is 23.3 Å². The van der Waals surface area contributed by atoms with E-state index < -0.39 is 30.2 Å². The van der Waals surface area contributed by atoms with Gasteiger partial charge in [-0.15, -0.1) is 0 Å². The summed E-state index contributed by atoms with van der Waals surface area (Å²) in [4.78, 5) is 0. The molecule has 3 unspecified atom stereocenters. The number of aliphatic hydroxyl groups excluding tert-OH is 2. The van der Waals surface area contributed by atoms with Gasteiger partial charge in [-0.25, -0.2) is 0 Å². The maximum Gasteiger partial charge on any atom is 0.416 e. The molecule has 0 saturated carbocycles. The van der Waals surface area contributed by atoms with Crippen LogP contribution in [0.3, 0.4) is 0 Å². The molecule has 0 aliphatic carbocycles. The fourth-order valence-corrected chi connectivity index (χ4v) is 3.72. The topological polar surface area (TPSA) is 58.9 Å². The predicted octanol–water partition coefficient (Wildman–Crippen LogP) is 5.27. The molecule has 1 saturated heterocycles. The molecule has 7 heteroatoms. The van der Waals surface area contributed by atoms with Crippen molar-refractivity contribution in [2.75, 3.05) is 6.61 Å². The zero-order valence-corrected chi connectivity index (χ0v) is 17.1. The highest BCUT2D eigenvalue weighted by Crippen LogP contribution is 2.32. The average molecular weight is 444 g/mol. The third kappa shape index (κ3) is 5.30. The monoisotopic (exact) mass is 444 g/mol. The van der Waals surface area contributed by atoms with Gasteiger partial charge < -0.3 is 19.7 Å². The lowest BCUT2D eigenvalue weighted by Gasteiger charge is -2.32. The lowest BCUT2D eigenvalue weighted by Crippen LogP contribution is -2.40. The molecule has 0 bridgehead atoms. The van der Waals surface area contributed by atoms with Gasteiger partial charge in [0.1, 0.15) is 5.75 Å². The van der Waals surface area contributed by atoms with Gasteiger partial charge in [-0.2, -0.15) is 13.2 Å². The first-order valence-electron chi connectivity index (χ1n) is 10.3. The van der Waals surface area contributed by atoms with Crippen LogP contribution in [-0.2, 0) is 10.9 Å². The summed E-state index contributed by atoms with van der Waals surface area (Å²) in [7, 11) is 0. The second-order valence-corrected chi connectivity index (χ2v) is 7.80. The van der Waals surface area contributed by atoms with Crippen molar-refractivity contribution in [2.45, 2.75) is 37.5 Å². The van der Waals surface area contributed by atoms with E-state index in [2.05, 4.69) is 0 Å². The number of rotatable bonds is 5. The molecule has 3 aromatic rings. The van der Waals surface area contributed by atoms with Crippen molar-refractivity contribution in [3.05, 3.63) is 77.4 Å². The van der Waals surface area contributed by atoms with Gasteiger partial charge in [0.05, 0.1) is 24.4 Å². The van der Waals surface area contributed by atoms with Crippen LogP contribution >= 0.6 is 0 Å². The Morgan fingerprint density at radius 1 is 0.969 bits per heavy atom. The van der Waals surface area contributed by atoms with Gasteiger partial charge in [0, 0.05) is 18.4 Å². The minimum absolute atomic E-state index is 0.213. The summed E-state index contributed by atoms with van der Waals surface area (Å²) in [6, 6.07) is 16.4. The van der Waals surface area contributed by atoms with E-state index in [1.165, 1.54) is 12.1 Å². The van der Waals surface area contributed by atoms with Gasteiger partial charge in [-0.3, -0.25) is 0 Å². The Bertz CT molecular complexity index is 1090. The molecule has 1 fully saturated rings. The highest BCUT2D eigenvalue weighted by molar-refractivity contribution is 5.88. The van der Waals surface area contributed by atoms with Crippen LogP contribution in [0.4, 0.5) is 13.2 Å². The number of benzene rings is 3. The minimum Gasteiger partial charge on any atom is -0.464 e. The van der Waals surface area contributed by atoms with Crippen molar-refractivity contribution < 1.29 is 32.9 Å². The van der Waals surface area contributed by atoms with E-state index in [1.54, 1.807) is 12.2 Å². The van der Waals surface area contributed by atoms with E-state index >= 15 is 0 Å². The van der Waals surface area contributed by atoms with E-state index in [0.717, 1.165) is 22.9 Å². The van der Waals surface area contributed by atoms with Gasteiger partial charge in [0.25, 0.3) is 0 Å². The lowest BCUT2D eigenvalue weighted by atomic mass is 10.0. The third-order valence-corrected chi connectivity index (χ3v) is 5.38. The molecule has 3 atom stereocenters. The maximum absolute atomic E-state index is 12.8. The molecule has 168 valence electrons.